The second kappa shape index (κ2) is 7.94. The lowest BCUT2D eigenvalue weighted by Crippen LogP contribution is -2.37. The van der Waals surface area contributed by atoms with Crippen LogP contribution in [-0.4, -0.2) is 38.8 Å². The Balaban J connectivity index is 2.11. The van der Waals surface area contributed by atoms with E-state index in [1.54, 1.807) is 49.4 Å². The summed E-state index contributed by atoms with van der Waals surface area (Å²) >= 11 is 0. The molecule has 0 atom stereocenters. The standard InChI is InChI=1S/C17H20N2O4S/c1-3-19(24(21,22)16-10-5-4-6-11-16)13-17(20)18-14-8-7-9-15(12-14)23-2/h4-12H,3,13H2,1-2H3,(H,18,20). The molecule has 0 fully saturated rings. The molecule has 0 bridgehead atoms. The van der Waals surface area contributed by atoms with Crippen LogP contribution in [0.15, 0.2) is 59.5 Å². The second-order valence-corrected chi connectivity index (χ2v) is 6.96. The summed E-state index contributed by atoms with van der Waals surface area (Å²) in [6, 6.07) is 14.9. The lowest BCUT2D eigenvalue weighted by Gasteiger charge is -2.20. The summed E-state index contributed by atoms with van der Waals surface area (Å²) in [6.07, 6.45) is 0. The van der Waals surface area contributed by atoms with E-state index >= 15 is 0 Å². The largest absolute Gasteiger partial charge is 0.497 e. The number of nitrogens with zero attached hydrogens (tertiary/aromatic N) is 1. The molecular weight excluding hydrogens is 328 g/mol. The highest BCUT2D eigenvalue weighted by atomic mass is 32.2. The fraction of sp³-hybridized carbons (Fsp3) is 0.235. The van der Waals surface area contributed by atoms with E-state index in [1.165, 1.54) is 19.2 Å². The van der Waals surface area contributed by atoms with Crippen molar-refractivity contribution in [1.82, 2.24) is 4.31 Å². The van der Waals surface area contributed by atoms with Gasteiger partial charge in [0.05, 0.1) is 18.6 Å². The molecule has 2 aromatic rings. The van der Waals surface area contributed by atoms with Crippen molar-refractivity contribution in [3.63, 3.8) is 0 Å². The molecule has 0 aromatic heterocycles. The van der Waals surface area contributed by atoms with E-state index in [-0.39, 0.29) is 18.0 Å². The first kappa shape index (κ1) is 18.0. The summed E-state index contributed by atoms with van der Waals surface area (Å²) in [7, 11) is -2.17. The lowest BCUT2D eigenvalue weighted by atomic mass is 10.3. The van der Waals surface area contributed by atoms with Gasteiger partial charge in [0.2, 0.25) is 15.9 Å². The molecule has 0 heterocycles. The van der Waals surface area contributed by atoms with E-state index < -0.39 is 15.9 Å². The van der Waals surface area contributed by atoms with Gasteiger partial charge in [0.1, 0.15) is 5.75 Å². The quantitative estimate of drug-likeness (QED) is 0.833. The number of rotatable bonds is 7. The van der Waals surface area contributed by atoms with Gasteiger partial charge in [-0.15, -0.1) is 0 Å². The number of nitrogens with one attached hydrogen (secondary N) is 1. The SMILES string of the molecule is CCN(CC(=O)Nc1cccc(OC)c1)S(=O)(=O)c1ccccc1. The van der Waals surface area contributed by atoms with Crippen LogP contribution in [0.3, 0.4) is 0 Å². The molecule has 0 aliphatic carbocycles. The topological polar surface area (TPSA) is 75.7 Å². The molecule has 0 unspecified atom stereocenters. The van der Waals surface area contributed by atoms with Gasteiger partial charge in [-0.05, 0) is 24.3 Å². The van der Waals surface area contributed by atoms with E-state index in [1.807, 2.05) is 0 Å². The predicted molar refractivity (Wildman–Crippen MR) is 92.5 cm³/mol. The Morgan fingerprint density at radius 2 is 1.83 bits per heavy atom. The summed E-state index contributed by atoms with van der Waals surface area (Å²) in [5.41, 5.74) is 0.549. The molecule has 128 valence electrons. The molecular formula is C17H20N2O4S. The zero-order valence-electron chi connectivity index (χ0n) is 13.6. The molecule has 7 heteroatoms. The van der Waals surface area contributed by atoms with E-state index in [2.05, 4.69) is 5.32 Å². The summed E-state index contributed by atoms with van der Waals surface area (Å²) in [5.74, 6) is 0.196. The first-order chi connectivity index (χ1) is 11.5. The predicted octanol–water partition coefficient (Wildman–Crippen LogP) is 2.34. The van der Waals surface area contributed by atoms with Crippen molar-refractivity contribution in [1.29, 1.82) is 0 Å². The highest BCUT2D eigenvalue weighted by Crippen LogP contribution is 2.18. The third-order valence-electron chi connectivity index (χ3n) is 3.41. The second-order valence-electron chi connectivity index (χ2n) is 5.02. The minimum atomic E-state index is -3.70. The smallest absolute Gasteiger partial charge is 0.243 e. The first-order valence-electron chi connectivity index (χ1n) is 7.46. The lowest BCUT2D eigenvalue weighted by molar-refractivity contribution is -0.116. The molecule has 0 radical (unpaired) electrons. The van der Waals surface area contributed by atoms with Gasteiger partial charge in [0.25, 0.3) is 0 Å². The van der Waals surface area contributed by atoms with Crippen molar-refractivity contribution < 1.29 is 17.9 Å². The van der Waals surface area contributed by atoms with E-state index in [0.29, 0.717) is 11.4 Å². The fourth-order valence-corrected chi connectivity index (χ4v) is 3.60. The van der Waals surface area contributed by atoms with Crippen LogP contribution in [0, 0.1) is 0 Å². The van der Waals surface area contributed by atoms with E-state index in [9.17, 15) is 13.2 Å². The number of hydrogen-bond acceptors (Lipinski definition) is 4. The number of amides is 1. The minimum Gasteiger partial charge on any atom is -0.497 e. The maximum absolute atomic E-state index is 12.6. The van der Waals surface area contributed by atoms with Crippen LogP contribution in [0.5, 0.6) is 5.75 Å². The van der Waals surface area contributed by atoms with Crippen molar-refractivity contribution >= 4 is 21.6 Å². The van der Waals surface area contributed by atoms with Crippen LogP contribution in [-0.2, 0) is 14.8 Å². The maximum atomic E-state index is 12.6. The van der Waals surface area contributed by atoms with Gasteiger partial charge < -0.3 is 10.1 Å². The monoisotopic (exact) mass is 348 g/mol. The summed E-state index contributed by atoms with van der Waals surface area (Å²) < 4.78 is 31.4. The van der Waals surface area contributed by atoms with Crippen molar-refractivity contribution in [2.24, 2.45) is 0 Å². The summed E-state index contributed by atoms with van der Waals surface area (Å²) in [5, 5.41) is 2.68. The van der Waals surface area contributed by atoms with Gasteiger partial charge in [0, 0.05) is 18.3 Å². The van der Waals surface area contributed by atoms with Crippen molar-refractivity contribution in [2.75, 3.05) is 25.5 Å². The van der Waals surface area contributed by atoms with Gasteiger partial charge >= 0.3 is 0 Å². The zero-order valence-corrected chi connectivity index (χ0v) is 14.4. The van der Waals surface area contributed by atoms with Crippen LogP contribution in [0.2, 0.25) is 0 Å². The van der Waals surface area contributed by atoms with Gasteiger partial charge in [-0.25, -0.2) is 8.42 Å². The molecule has 2 aromatic carbocycles. The minimum absolute atomic E-state index is 0.168. The van der Waals surface area contributed by atoms with Gasteiger partial charge in [0.15, 0.2) is 0 Å². The molecule has 6 nitrogen and oxygen atoms in total. The Bertz CT molecular complexity index is 791. The van der Waals surface area contributed by atoms with Crippen LogP contribution in [0.1, 0.15) is 6.92 Å². The third kappa shape index (κ3) is 4.33. The fourth-order valence-electron chi connectivity index (χ4n) is 2.17. The van der Waals surface area contributed by atoms with Crippen molar-refractivity contribution in [2.45, 2.75) is 11.8 Å². The first-order valence-corrected chi connectivity index (χ1v) is 8.90. The number of likely N-dealkylation sites (N-methyl/N-ethyl adjacent to an activating group) is 1. The number of carbonyl (C=O) groups is 1. The summed E-state index contributed by atoms with van der Waals surface area (Å²) in [4.78, 5) is 12.4. The Hall–Kier alpha value is -2.38. The molecule has 1 N–H and O–H groups in total. The van der Waals surface area contributed by atoms with Gasteiger partial charge in [-0.2, -0.15) is 4.31 Å². The van der Waals surface area contributed by atoms with E-state index in [4.69, 9.17) is 4.74 Å². The molecule has 0 aliphatic rings. The number of ether oxygens (including phenoxy) is 1. The molecule has 0 saturated carbocycles. The average Bonchev–Trinajstić information content (AvgIpc) is 2.60. The summed E-state index contributed by atoms with van der Waals surface area (Å²) in [6.45, 7) is 1.63. The third-order valence-corrected chi connectivity index (χ3v) is 5.34. The number of anilines is 1. The van der Waals surface area contributed by atoms with E-state index in [0.717, 1.165) is 4.31 Å². The normalized spacial score (nSPS) is 11.3. The number of carbonyl (C=O) groups excluding carboxylic acids is 1. The Kier molecular flexibility index (Phi) is 5.94. The molecule has 24 heavy (non-hydrogen) atoms. The zero-order chi connectivity index (χ0) is 17.6. The highest BCUT2D eigenvalue weighted by Gasteiger charge is 2.24. The maximum Gasteiger partial charge on any atom is 0.243 e. The van der Waals surface area contributed by atoms with Crippen LogP contribution in [0.25, 0.3) is 0 Å². The Labute approximate surface area is 142 Å². The van der Waals surface area contributed by atoms with Gasteiger partial charge in [-0.1, -0.05) is 31.2 Å². The number of methoxy groups -OCH3 is 1. The molecule has 1 amide bonds. The van der Waals surface area contributed by atoms with Crippen LogP contribution in [0.4, 0.5) is 5.69 Å². The molecule has 0 saturated heterocycles. The average molecular weight is 348 g/mol. The van der Waals surface area contributed by atoms with Crippen molar-refractivity contribution in [3.8, 4) is 5.75 Å². The van der Waals surface area contributed by atoms with Crippen LogP contribution >= 0.6 is 0 Å². The number of hydrogen-bond donors (Lipinski definition) is 1. The molecule has 2 rings (SSSR count). The van der Waals surface area contributed by atoms with Gasteiger partial charge in [-0.3, -0.25) is 4.79 Å². The Morgan fingerprint density at radius 3 is 2.46 bits per heavy atom. The molecule has 0 aliphatic heterocycles. The highest BCUT2D eigenvalue weighted by molar-refractivity contribution is 7.89. The Morgan fingerprint density at radius 1 is 1.12 bits per heavy atom. The van der Waals surface area contributed by atoms with Crippen LogP contribution < -0.4 is 10.1 Å². The number of sulfonamides is 1. The number of benzene rings is 2. The van der Waals surface area contributed by atoms with Crippen molar-refractivity contribution in [3.05, 3.63) is 54.6 Å². The molecule has 0 spiro atoms.